The van der Waals surface area contributed by atoms with Crippen LogP contribution < -0.4 is 10.1 Å². The van der Waals surface area contributed by atoms with E-state index in [4.69, 9.17) is 4.74 Å². The van der Waals surface area contributed by atoms with Gasteiger partial charge in [-0.2, -0.15) is 4.31 Å². The lowest BCUT2D eigenvalue weighted by Gasteiger charge is -2.21. The smallest absolute Gasteiger partial charge is 0.243 e. The molecule has 0 atom stereocenters. The summed E-state index contributed by atoms with van der Waals surface area (Å²) in [5.41, 5.74) is 0. The first kappa shape index (κ1) is 16.3. The van der Waals surface area contributed by atoms with Gasteiger partial charge in [0.2, 0.25) is 10.0 Å². The Bertz CT molecular complexity index is 551. The number of sulfonamides is 1. The zero-order valence-electron chi connectivity index (χ0n) is 12.9. The molecule has 0 amide bonds. The SMILES string of the molecule is CC(C)N(C)S(=O)(=O)c1ccc(OCCNC2CC2)cc1. The van der Waals surface area contributed by atoms with Gasteiger partial charge in [0.25, 0.3) is 0 Å². The monoisotopic (exact) mass is 312 g/mol. The van der Waals surface area contributed by atoms with Gasteiger partial charge in [-0.15, -0.1) is 0 Å². The van der Waals surface area contributed by atoms with Crippen LogP contribution in [0, 0.1) is 0 Å². The third kappa shape index (κ3) is 4.43. The Morgan fingerprint density at radius 1 is 1.29 bits per heavy atom. The summed E-state index contributed by atoms with van der Waals surface area (Å²) in [6, 6.07) is 7.21. The van der Waals surface area contributed by atoms with Gasteiger partial charge in [0.05, 0.1) is 4.90 Å². The van der Waals surface area contributed by atoms with E-state index in [2.05, 4.69) is 5.32 Å². The molecule has 0 radical (unpaired) electrons. The summed E-state index contributed by atoms with van der Waals surface area (Å²) in [5.74, 6) is 0.693. The molecule has 118 valence electrons. The van der Waals surface area contributed by atoms with E-state index < -0.39 is 10.0 Å². The fourth-order valence-corrected chi connectivity index (χ4v) is 3.24. The Labute approximate surface area is 127 Å². The number of hydrogen-bond acceptors (Lipinski definition) is 4. The van der Waals surface area contributed by atoms with Crippen molar-refractivity contribution in [3.63, 3.8) is 0 Å². The van der Waals surface area contributed by atoms with Crippen LogP contribution >= 0.6 is 0 Å². The van der Waals surface area contributed by atoms with Gasteiger partial charge in [-0.3, -0.25) is 0 Å². The van der Waals surface area contributed by atoms with Crippen molar-refractivity contribution in [2.75, 3.05) is 20.2 Å². The summed E-state index contributed by atoms with van der Waals surface area (Å²) in [7, 11) is -1.83. The molecule has 0 aliphatic heterocycles. The lowest BCUT2D eigenvalue weighted by Crippen LogP contribution is -2.33. The molecule has 0 heterocycles. The third-order valence-electron chi connectivity index (χ3n) is 3.61. The summed E-state index contributed by atoms with van der Waals surface area (Å²) in [6.07, 6.45) is 2.52. The van der Waals surface area contributed by atoms with Crippen LogP contribution in [0.4, 0.5) is 0 Å². The molecule has 1 aromatic carbocycles. The highest BCUT2D eigenvalue weighted by atomic mass is 32.2. The molecule has 0 saturated heterocycles. The molecule has 1 fully saturated rings. The molecule has 5 nitrogen and oxygen atoms in total. The normalized spacial score (nSPS) is 15.7. The maximum atomic E-state index is 12.3. The van der Waals surface area contributed by atoms with Gasteiger partial charge < -0.3 is 10.1 Å². The molecule has 1 aromatic rings. The maximum absolute atomic E-state index is 12.3. The van der Waals surface area contributed by atoms with Gasteiger partial charge in [-0.25, -0.2) is 8.42 Å². The number of rotatable bonds is 8. The van der Waals surface area contributed by atoms with Crippen LogP contribution in [0.1, 0.15) is 26.7 Å². The summed E-state index contributed by atoms with van der Waals surface area (Å²) >= 11 is 0. The summed E-state index contributed by atoms with van der Waals surface area (Å²) in [5, 5.41) is 3.36. The van der Waals surface area contributed by atoms with E-state index in [9.17, 15) is 8.42 Å². The van der Waals surface area contributed by atoms with E-state index in [0.29, 0.717) is 23.3 Å². The average molecular weight is 312 g/mol. The molecular weight excluding hydrogens is 288 g/mol. The fourth-order valence-electron chi connectivity index (χ4n) is 1.87. The highest BCUT2D eigenvalue weighted by molar-refractivity contribution is 7.89. The minimum atomic E-state index is -3.42. The molecule has 0 bridgehead atoms. The maximum Gasteiger partial charge on any atom is 0.243 e. The minimum absolute atomic E-state index is 0.0700. The van der Waals surface area contributed by atoms with E-state index in [1.807, 2.05) is 13.8 Å². The molecule has 0 aromatic heterocycles. The van der Waals surface area contributed by atoms with Crippen molar-refractivity contribution in [2.45, 2.75) is 43.7 Å². The van der Waals surface area contributed by atoms with Gasteiger partial charge in [-0.05, 0) is 51.0 Å². The van der Waals surface area contributed by atoms with E-state index in [0.717, 1.165) is 6.54 Å². The first-order chi connectivity index (χ1) is 9.91. The van der Waals surface area contributed by atoms with Gasteiger partial charge in [-0.1, -0.05) is 0 Å². The van der Waals surface area contributed by atoms with Crippen LogP contribution in [-0.4, -0.2) is 45.0 Å². The van der Waals surface area contributed by atoms with E-state index in [1.165, 1.54) is 17.1 Å². The second-order valence-corrected chi connectivity index (χ2v) is 7.66. The van der Waals surface area contributed by atoms with Crippen molar-refractivity contribution < 1.29 is 13.2 Å². The third-order valence-corrected chi connectivity index (χ3v) is 5.66. The van der Waals surface area contributed by atoms with E-state index >= 15 is 0 Å². The van der Waals surface area contributed by atoms with Gasteiger partial charge >= 0.3 is 0 Å². The van der Waals surface area contributed by atoms with Crippen molar-refractivity contribution in [1.29, 1.82) is 0 Å². The molecule has 1 aliphatic carbocycles. The number of nitrogens with one attached hydrogen (secondary N) is 1. The topological polar surface area (TPSA) is 58.6 Å². The molecule has 0 unspecified atom stereocenters. The van der Waals surface area contributed by atoms with Crippen molar-refractivity contribution in [2.24, 2.45) is 0 Å². The van der Waals surface area contributed by atoms with Crippen LogP contribution in [0.5, 0.6) is 5.75 Å². The first-order valence-electron chi connectivity index (χ1n) is 7.35. The number of benzene rings is 1. The molecule has 1 N–H and O–H groups in total. The van der Waals surface area contributed by atoms with E-state index in [1.54, 1.807) is 31.3 Å². The number of hydrogen-bond donors (Lipinski definition) is 1. The van der Waals surface area contributed by atoms with Gasteiger partial charge in [0, 0.05) is 25.7 Å². The molecule has 2 rings (SSSR count). The number of nitrogens with zero attached hydrogens (tertiary/aromatic N) is 1. The standard InChI is InChI=1S/C15H24N2O3S/c1-12(2)17(3)21(18,19)15-8-6-14(7-9-15)20-11-10-16-13-4-5-13/h6-9,12-13,16H,4-5,10-11H2,1-3H3. The highest BCUT2D eigenvalue weighted by Gasteiger charge is 2.23. The Kier molecular flexibility index (Phi) is 5.24. The zero-order chi connectivity index (χ0) is 15.5. The molecule has 0 spiro atoms. The predicted octanol–water partition coefficient (Wildman–Crippen LogP) is 1.85. The van der Waals surface area contributed by atoms with Crippen LogP contribution in [-0.2, 0) is 10.0 Å². The Morgan fingerprint density at radius 2 is 1.90 bits per heavy atom. The molecule has 21 heavy (non-hydrogen) atoms. The van der Waals surface area contributed by atoms with Crippen LogP contribution in [0.3, 0.4) is 0 Å². The van der Waals surface area contributed by atoms with Crippen molar-refractivity contribution >= 4 is 10.0 Å². The predicted molar refractivity (Wildman–Crippen MR) is 83.0 cm³/mol. The van der Waals surface area contributed by atoms with Crippen molar-refractivity contribution in [3.8, 4) is 5.75 Å². The summed E-state index contributed by atoms with van der Waals surface area (Å²) in [6.45, 7) is 5.11. The Hall–Kier alpha value is -1.11. The second-order valence-electron chi connectivity index (χ2n) is 5.66. The average Bonchev–Trinajstić information content (AvgIpc) is 3.27. The van der Waals surface area contributed by atoms with Crippen molar-refractivity contribution in [1.82, 2.24) is 9.62 Å². The second kappa shape index (κ2) is 6.77. The van der Waals surface area contributed by atoms with Gasteiger partial charge in [0.15, 0.2) is 0 Å². The first-order valence-corrected chi connectivity index (χ1v) is 8.79. The zero-order valence-corrected chi connectivity index (χ0v) is 13.7. The lowest BCUT2D eigenvalue weighted by atomic mass is 10.3. The summed E-state index contributed by atoms with van der Waals surface area (Å²) in [4.78, 5) is 0.294. The molecule has 1 saturated carbocycles. The Morgan fingerprint density at radius 3 is 2.43 bits per heavy atom. The van der Waals surface area contributed by atoms with Crippen LogP contribution in [0.15, 0.2) is 29.2 Å². The molecule has 1 aliphatic rings. The van der Waals surface area contributed by atoms with Gasteiger partial charge in [0.1, 0.15) is 12.4 Å². The molecule has 6 heteroatoms. The van der Waals surface area contributed by atoms with Crippen molar-refractivity contribution in [3.05, 3.63) is 24.3 Å². The Balaban J connectivity index is 1.91. The largest absolute Gasteiger partial charge is 0.492 e. The quantitative estimate of drug-likeness (QED) is 0.744. The summed E-state index contributed by atoms with van der Waals surface area (Å²) < 4.78 is 31.6. The molecular formula is C15H24N2O3S. The number of ether oxygens (including phenoxy) is 1. The van der Waals surface area contributed by atoms with E-state index in [-0.39, 0.29) is 6.04 Å². The van der Waals surface area contributed by atoms with Crippen LogP contribution in [0.2, 0.25) is 0 Å². The fraction of sp³-hybridized carbons (Fsp3) is 0.600. The minimum Gasteiger partial charge on any atom is -0.492 e. The lowest BCUT2D eigenvalue weighted by molar-refractivity contribution is 0.313. The highest BCUT2D eigenvalue weighted by Crippen LogP contribution is 2.20. The van der Waals surface area contributed by atoms with Crippen LogP contribution in [0.25, 0.3) is 0 Å².